The van der Waals surface area contributed by atoms with Crippen molar-refractivity contribution in [2.45, 2.75) is 24.2 Å². The minimum absolute atomic E-state index is 0.0619. The molecular weight excluding hydrogens is 538 g/mol. The summed E-state index contributed by atoms with van der Waals surface area (Å²) in [5, 5.41) is 2.45. The topological polar surface area (TPSA) is 130 Å². The number of hydrogen-bond acceptors (Lipinski definition) is 7. The Kier molecular flexibility index (Phi) is 9.58. The van der Waals surface area contributed by atoms with Gasteiger partial charge in [0.2, 0.25) is 15.9 Å². The molecule has 3 aromatic rings. The number of amides is 2. The standard InChI is InChI=1S/C27H29N5O5S2/c33-25(21-8-10-23(11-9-21)37-18-14-20-5-2-1-3-6-20)29-27(38)31-30-26(34)22-12-16-32(17-13-22)39(35,36)24-7-4-15-28-19-24/h1-11,15,19,22H,12-14,16-18H2,(H,30,34)(H2,29,31,33,38). The Morgan fingerprint density at radius 1 is 0.974 bits per heavy atom. The molecule has 1 aliphatic rings. The highest BCUT2D eigenvalue weighted by atomic mass is 32.2. The lowest BCUT2D eigenvalue weighted by molar-refractivity contribution is -0.126. The summed E-state index contributed by atoms with van der Waals surface area (Å²) < 4.78 is 32.5. The van der Waals surface area contributed by atoms with Crippen molar-refractivity contribution in [1.82, 2.24) is 25.5 Å². The molecule has 0 unspecified atom stereocenters. The maximum atomic E-state index is 12.7. The first kappa shape index (κ1) is 28.1. The van der Waals surface area contributed by atoms with E-state index in [0.717, 1.165) is 6.42 Å². The molecular formula is C27H29N5O5S2. The van der Waals surface area contributed by atoms with Gasteiger partial charge in [0.1, 0.15) is 10.6 Å². The first-order valence-corrected chi connectivity index (χ1v) is 14.3. The summed E-state index contributed by atoms with van der Waals surface area (Å²) in [4.78, 5) is 29.1. The van der Waals surface area contributed by atoms with Gasteiger partial charge in [0.25, 0.3) is 5.91 Å². The van der Waals surface area contributed by atoms with Gasteiger partial charge >= 0.3 is 0 Å². The second kappa shape index (κ2) is 13.3. The second-order valence-electron chi connectivity index (χ2n) is 8.87. The van der Waals surface area contributed by atoms with Crippen LogP contribution in [-0.2, 0) is 21.2 Å². The monoisotopic (exact) mass is 567 g/mol. The van der Waals surface area contributed by atoms with E-state index in [1.807, 2.05) is 30.3 Å². The van der Waals surface area contributed by atoms with Crippen LogP contribution in [0, 0.1) is 5.92 Å². The van der Waals surface area contributed by atoms with Crippen LogP contribution in [0.25, 0.3) is 0 Å². The largest absolute Gasteiger partial charge is 0.493 e. The Morgan fingerprint density at radius 3 is 2.36 bits per heavy atom. The second-order valence-corrected chi connectivity index (χ2v) is 11.2. The van der Waals surface area contributed by atoms with Gasteiger partial charge in [0.15, 0.2) is 5.11 Å². The number of hydrogen-bond donors (Lipinski definition) is 3. The van der Waals surface area contributed by atoms with Crippen LogP contribution < -0.4 is 20.9 Å². The maximum absolute atomic E-state index is 12.7. The molecule has 1 aromatic heterocycles. The van der Waals surface area contributed by atoms with Gasteiger partial charge in [-0.2, -0.15) is 4.31 Å². The number of carbonyl (C=O) groups is 2. The summed E-state index contributed by atoms with van der Waals surface area (Å²) in [6.07, 6.45) is 4.30. The zero-order chi connectivity index (χ0) is 27.7. The summed E-state index contributed by atoms with van der Waals surface area (Å²) in [6.45, 7) is 0.938. The maximum Gasteiger partial charge on any atom is 0.257 e. The molecule has 2 heterocycles. The third-order valence-corrected chi connectivity index (χ3v) is 8.33. The van der Waals surface area contributed by atoms with Gasteiger partial charge in [-0.1, -0.05) is 30.3 Å². The van der Waals surface area contributed by atoms with E-state index in [9.17, 15) is 18.0 Å². The molecule has 10 nitrogen and oxygen atoms in total. The molecule has 1 saturated heterocycles. The van der Waals surface area contributed by atoms with E-state index in [4.69, 9.17) is 17.0 Å². The predicted molar refractivity (Wildman–Crippen MR) is 149 cm³/mol. The minimum Gasteiger partial charge on any atom is -0.493 e. The lowest BCUT2D eigenvalue weighted by Gasteiger charge is -2.30. The van der Waals surface area contributed by atoms with E-state index >= 15 is 0 Å². The van der Waals surface area contributed by atoms with Crippen molar-refractivity contribution in [3.05, 3.63) is 90.3 Å². The van der Waals surface area contributed by atoms with Crippen molar-refractivity contribution in [1.29, 1.82) is 0 Å². The minimum atomic E-state index is -3.65. The highest BCUT2D eigenvalue weighted by molar-refractivity contribution is 7.89. The van der Waals surface area contributed by atoms with Crippen molar-refractivity contribution < 1.29 is 22.7 Å². The molecule has 4 rings (SSSR count). The molecule has 0 radical (unpaired) electrons. The van der Waals surface area contributed by atoms with Crippen molar-refractivity contribution in [3.63, 3.8) is 0 Å². The highest BCUT2D eigenvalue weighted by Gasteiger charge is 2.32. The number of sulfonamides is 1. The fourth-order valence-corrected chi connectivity index (χ4v) is 5.65. The molecule has 1 aliphatic heterocycles. The van der Waals surface area contributed by atoms with Gasteiger partial charge in [-0.05, 0) is 67.0 Å². The number of aromatic nitrogens is 1. The van der Waals surface area contributed by atoms with Crippen LogP contribution in [0.1, 0.15) is 28.8 Å². The van der Waals surface area contributed by atoms with E-state index in [1.54, 1.807) is 30.3 Å². The number of thiocarbonyl (C=S) groups is 1. The molecule has 204 valence electrons. The molecule has 39 heavy (non-hydrogen) atoms. The molecule has 0 atom stereocenters. The van der Waals surface area contributed by atoms with Crippen molar-refractivity contribution in [3.8, 4) is 5.75 Å². The lowest BCUT2D eigenvalue weighted by Crippen LogP contribution is -2.51. The quantitative estimate of drug-likeness (QED) is 0.280. The number of hydrazine groups is 1. The van der Waals surface area contributed by atoms with Crippen LogP contribution in [-0.4, -0.2) is 54.3 Å². The number of nitrogens with zero attached hydrogens (tertiary/aromatic N) is 2. The number of nitrogens with one attached hydrogen (secondary N) is 3. The third-order valence-electron chi connectivity index (χ3n) is 6.24. The van der Waals surface area contributed by atoms with Crippen LogP contribution in [0.2, 0.25) is 0 Å². The molecule has 1 fully saturated rings. The molecule has 12 heteroatoms. The fourth-order valence-electron chi connectivity index (χ4n) is 4.07. The van der Waals surface area contributed by atoms with Crippen molar-refractivity contribution >= 4 is 39.2 Å². The number of pyridine rings is 1. The molecule has 3 N–H and O–H groups in total. The summed E-state index contributed by atoms with van der Waals surface area (Å²) >= 11 is 5.13. The Morgan fingerprint density at radius 2 is 1.69 bits per heavy atom. The third kappa shape index (κ3) is 7.82. The zero-order valence-corrected chi connectivity index (χ0v) is 22.7. The summed E-state index contributed by atoms with van der Waals surface area (Å²) in [6, 6.07) is 19.7. The molecule has 0 bridgehead atoms. The van der Waals surface area contributed by atoms with Crippen molar-refractivity contribution in [2.24, 2.45) is 5.92 Å². The number of benzene rings is 2. The van der Waals surface area contributed by atoms with E-state index in [2.05, 4.69) is 21.2 Å². The smallest absolute Gasteiger partial charge is 0.257 e. The Bertz CT molecular complexity index is 1380. The zero-order valence-electron chi connectivity index (χ0n) is 21.1. The van der Waals surface area contributed by atoms with Crippen LogP contribution in [0.5, 0.6) is 5.75 Å². The van der Waals surface area contributed by atoms with Crippen LogP contribution in [0.3, 0.4) is 0 Å². The van der Waals surface area contributed by atoms with Gasteiger partial charge < -0.3 is 4.74 Å². The van der Waals surface area contributed by atoms with E-state index in [-0.39, 0.29) is 29.0 Å². The Hall–Kier alpha value is -3.87. The van der Waals surface area contributed by atoms with Gasteiger partial charge in [-0.3, -0.25) is 30.7 Å². The van der Waals surface area contributed by atoms with E-state index in [0.29, 0.717) is 30.8 Å². The number of ether oxygens (including phenoxy) is 1. The number of rotatable bonds is 8. The highest BCUT2D eigenvalue weighted by Crippen LogP contribution is 2.23. The lowest BCUT2D eigenvalue weighted by atomic mass is 9.98. The van der Waals surface area contributed by atoms with Crippen LogP contribution in [0.15, 0.2) is 84.0 Å². The van der Waals surface area contributed by atoms with Gasteiger partial charge in [0.05, 0.1) is 6.61 Å². The average molecular weight is 568 g/mol. The molecule has 2 aromatic carbocycles. The average Bonchev–Trinajstić information content (AvgIpc) is 2.97. The normalized spacial score (nSPS) is 14.3. The Balaban J connectivity index is 1.17. The van der Waals surface area contributed by atoms with Crippen molar-refractivity contribution in [2.75, 3.05) is 19.7 Å². The molecule has 2 amide bonds. The number of carbonyl (C=O) groups excluding carboxylic acids is 2. The van der Waals surface area contributed by atoms with Crippen LogP contribution in [0.4, 0.5) is 0 Å². The fraction of sp³-hybridized carbons (Fsp3) is 0.259. The number of piperidine rings is 1. The first-order valence-electron chi connectivity index (χ1n) is 12.4. The summed E-state index contributed by atoms with van der Waals surface area (Å²) in [5.41, 5.74) is 6.59. The Labute approximate surface area is 232 Å². The predicted octanol–water partition coefficient (Wildman–Crippen LogP) is 2.44. The van der Waals surface area contributed by atoms with Gasteiger partial charge in [-0.25, -0.2) is 8.42 Å². The summed E-state index contributed by atoms with van der Waals surface area (Å²) in [7, 11) is -3.65. The van der Waals surface area contributed by atoms with E-state index in [1.165, 1.54) is 28.3 Å². The first-order chi connectivity index (χ1) is 18.8. The van der Waals surface area contributed by atoms with Gasteiger partial charge in [0, 0.05) is 43.4 Å². The molecule has 0 spiro atoms. The molecule has 0 aliphatic carbocycles. The van der Waals surface area contributed by atoms with E-state index < -0.39 is 21.8 Å². The summed E-state index contributed by atoms with van der Waals surface area (Å²) in [5.74, 6) is -0.519. The molecule has 0 saturated carbocycles. The SMILES string of the molecule is O=C(NC(=S)NNC(=O)C1CCN(S(=O)(=O)c2cccnc2)CC1)c1ccc(OCCc2ccccc2)cc1. The van der Waals surface area contributed by atoms with Crippen LogP contribution >= 0.6 is 12.2 Å². The van der Waals surface area contributed by atoms with Gasteiger partial charge in [-0.15, -0.1) is 0 Å².